The van der Waals surface area contributed by atoms with Gasteiger partial charge in [-0.15, -0.1) is 0 Å². The topological polar surface area (TPSA) is 78.9 Å². The van der Waals surface area contributed by atoms with Gasteiger partial charge in [0, 0.05) is 13.8 Å². The summed E-state index contributed by atoms with van der Waals surface area (Å²) in [6.07, 6.45) is -2.37. The third-order valence-corrected chi connectivity index (χ3v) is 3.14. The molecule has 0 amide bonds. The maximum absolute atomic E-state index is 11.1. The molecule has 0 aromatic heterocycles. The number of halogens is 2. The molecule has 8 heteroatoms. The number of carbonyl (C=O) groups excluding carboxylic acids is 3. The van der Waals surface area contributed by atoms with Crippen LogP contribution >= 0.6 is 38.5 Å². The first-order chi connectivity index (χ1) is 8.29. The molecule has 0 rings (SSSR count). The Morgan fingerprint density at radius 2 is 1.61 bits per heavy atom. The van der Waals surface area contributed by atoms with Gasteiger partial charge in [0.05, 0.1) is 0 Å². The smallest absolute Gasteiger partial charge is 0.303 e. The van der Waals surface area contributed by atoms with Crippen LogP contribution in [-0.2, 0) is 28.6 Å². The molecule has 0 N–H and O–H groups in total. The number of carbonyl (C=O) groups is 3. The van der Waals surface area contributed by atoms with Crippen LogP contribution in [0.5, 0.6) is 0 Å². The fourth-order valence-corrected chi connectivity index (χ4v) is 2.20. The maximum Gasteiger partial charge on any atom is 0.303 e. The van der Waals surface area contributed by atoms with Gasteiger partial charge in [-0.05, 0) is 6.92 Å². The lowest BCUT2D eigenvalue weighted by Crippen LogP contribution is -2.45. The van der Waals surface area contributed by atoms with E-state index in [1.54, 1.807) is 6.92 Å². The molecular formula is C10H14BrIO6. The van der Waals surface area contributed by atoms with Crippen molar-refractivity contribution in [2.24, 2.45) is 0 Å². The zero-order valence-electron chi connectivity index (χ0n) is 10.1. The summed E-state index contributed by atoms with van der Waals surface area (Å²) in [5.74, 6) is -1.07. The molecule has 104 valence electrons. The summed E-state index contributed by atoms with van der Waals surface area (Å²) in [6.45, 7) is 4.27. The van der Waals surface area contributed by atoms with E-state index in [2.05, 4.69) is 15.9 Å². The van der Waals surface area contributed by atoms with E-state index in [-0.39, 0.29) is 9.31 Å². The van der Waals surface area contributed by atoms with E-state index in [9.17, 15) is 14.4 Å². The Hall–Kier alpha value is -0.380. The Bertz CT molecular complexity index is 309. The fourth-order valence-electron chi connectivity index (χ4n) is 1.24. The van der Waals surface area contributed by atoms with Crippen molar-refractivity contribution >= 4 is 56.9 Å². The third kappa shape index (κ3) is 6.53. The normalized spacial score (nSPS) is 16.9. The summed E-state index contributed by atoms with van der Waals surface area (Å²) in [7, 11) is 0. The lowest BCUT2D eigenvalue weighted by molar-refractivity contribution is -0.176. The van der Waals surface area contributed by atoms with Crippen molar-refractivity contribution in [3.05, 3.63) is 0 Å². The molecular weight excluding hydrogens is 423 g/mol. The Balaban J connectivity index is 5.00. The number of rotatable bonds is 7. The van der Waals surface area contributed by atoms with Gasteiger partial charge in [0.25, 0.3) is 6.47 Å². The first-order valence-corrected chi connectivity index (χ1v) is 7.17. The van der Waals surface area contributed by atoms with E-state index < -0.39 is 30.3 Å². The lowest BCUT2D eigenvalue weighted by Gasteiger charge is -2.30. The molecule has 0 radical (unpaired) electrons. The molecule has 0 aliphatic rings. The molecule has 0 aliphatic heterocycles. The van der Waals surface area contributed by atoms with Crippen LogP contribution in [0.15, 0.2) is 0 Å². The first kappa shape index (κ1) is 17.6. The highest BCUT2D eigenvalue weighted by molar-refractivity contribution is 14.1. The van der Waals surface area contributed by atoms with E-state index >= 15 is 0 Å². The van der Waals surface area contributed by atoms with Gasteiger partial charge in [-0.1, -0.05) is 38.5 Å². The van der Waals surface area contributed by atoms with Crippen LogP contribution in [-0.4, -0.2) is 39.6 Å². The zero-order chi connectivity index (χ0) is 14.3. The van der Waals surface area contributed by atoms with Gasteiger partial charge >= 0.3 is 11.9 Å². The standard InChI is InChI=1S/C10H14BrIO6/c1-5(16-4-13)8(17-6(2)14)9(10(11)12)18-7(3)15/h4-5,8-10H,1-3H3/t5-,8-,9+,10?/m0/s1. The summed E-state index contributed by atoms with van der Waals surface area (Å²) in [5.41, 5.74) is 0. The average molecular weight is 437 g/mol. The second-order valence-corrected chi connectivity index (χ2v) is 7.46. The van der Waals surface area contributed by atoms with Crippen molar-refractivity contribution in [3.63, 3.8) is 0 Å². The van der Waals surface area contributed by atoms with Gasteiger partial charge < -0.3 is 14.2 Å². The van der Waals surface area contributed by atoms with Crippen LogP contribution in [0, 0.1) is 0 Å². The second kappa shape index (κ2) is 8.68. The molecule has 0 spiro atoms. The van der Waals surface area contributed by atoms with E-state index in [0.29, 0.717) is 0 Å². The first-order valence-electron chi connectivity index (χ1n) is 5.01. The van der Waals surface area contributed by atoms with Crippen molar-refractivity contribution in [2.75, 3.05) is 0 Å². The molecule has 0 heterocycles. The number of alkyl halides is 2. The summed E-state index contributed by atoms with van der Waals surface area (Å²) in [4.78, 5) is 32.4. The number of hydrogen-bond acceptors (Lipinski definition) is 6. The molecule has 4 atom stereocenters. The average Bonchev–Trinajstić information content (AvgIpc) is 2.22. The van der Waals surface area contributed by atoms with Crippen LogP contribution in [0.1, 0.15) is 20.8 Å². The number of esters is 2. The summed E-state index contributed by atoms with van der Waals surface area (Å²) in [6, 6.07) is 0. The van der Waals surface area contributed by atoms with Gasteiger partial charge in [0.15, 0.2) is 12.2 Å². The van der Waals surface area contributed by atoms with Crippen molar-refractivity contribution in [1.29, 1.82) is 0 Å². The highest BCUT2D eigenvalue weighted by atomic mass is 127. The summed E-state index contributed by atoms with van der Waals surface area (Å²) in [5, 5.41) is 0. The van der Waals surface area contributed by atoms with Crippen molar-refractivity contribution in [3.8, 4) is 0 Å². The van der Waals surface area contributed by atoms with Crippen LogP contribution < -0.4 is 0 Å². The quantitative estimate of drug-likeness (QED) is 0.198. The maximum atomic E-state index is 11.1. The number of ether oxygens (including phenoxy) is 3. The minimum atomic E-state index is -0.877. The molecule has 1 unspecified atom stereocenters. The molecule has 18 heavy (non-hydrogen) atoms. The minimum Gasteiger partial charge on any atom is -0.461 e. The fraction of sp³-hybridized carbons (Fsp3) is 0.700. The van der Waals surface area contributed by atoms with Crippen LogP contribution in [0.2, 0.25) is 0 Å². The Morgan fingerprint density at radius 1 is 1.17 bits per heavy atom. The second-order valence-electron chi connectivity index (χ2n) is 3.42. The Morgan fingerprint density at radius 3 is 1.94 bits per heavy atom. The molecule has 0 saturated heterocycles. The Kier molecular flexibility index (Phi) is 8.49. The van der Waals surface area contributed by atoms with Gasteiger partial charge in [-0.25, -0.2) is 0 Å². The highest BCUT2D eigenvalue weighted by Gasteiger charge is 2.37. The zero-order valence-corrected chi connectivity index (χ0v) is 13.8. The minimum absolute atomic E-state index is 0.252. The van der Waals surface area contributed by atoms with Gasteiger partial charge in [-0.3, -0.25) is 14.4 Å². The molecule has 0 saturated carbocycles. The molecule has 0 aromatic carbocycles. The molecule has 0 fully saturated rings. The molecule has 6 nitrogen and oxygen atoms in total. The van der Waals surface area contributed by atoms with Gasteiger partial charge in [0.2, 0.25) is 0 Å². The third-order valence-electron chi connectivity index (χ3n) is 1.91. The lowest BCUT2D eigenvalue weighted by atomic mass is 10.1. The van der Waals surface area contributed by atoms with Gasteiger partial charge in [0.1, 0.15) is 8.94 Å². The molecule has 0 aromatic rings. The van der Waals surface area contributed by atoms with E-state index in [0.717, 1.165) is 0 Å². The summed E-state index contributed by atoms with van der Waals surface area (Å²) >= 11 is 5.22. The largest absolute Gasteiger partial charge is 0.461 e. The molecule has 0 bridgehead atoms. The van der Waals surface area contributed by atoms with Crippen molar-refractivity contribution in [1.82, 2.24) is 0 Å². The SMILES string of the molecule is CC(=O)O[C@@H]([C@H](C)OC=O)[C@@H](OC(C)=O)C(Br)I. The monoisotopic (exact) mass is 436 g/mol. The Labute approximate surface area is 127 Å². The predicted molar refractivity (Wildman–Crippen MR) is 74.5 cm³/mol. The van der Waals surface area contributed by atoms with Crippen LogP contribution in [0.25, 0.3) is 0 Å². The van der Waals surface area contributed by atoms with Crippen LogP contribution in [0.3, 0.4) is 0 Å². The predicted octanol–water partition coefficient (Wildman–Crippen LogP) is 1.57. The van der Waals surface area contributed by atoms with Crippen LogP contribution in [0.4, 0.5) is 0 Å². The van der Waals surface area contributed by atoms with Gasteiger partial charge in [-0.2, -0.15) is 0 Å². The van der Waals surface area contributed by atoms with E-state index in [1.165, 1.54) is 13.8 Å². The van der Waals surface area contributed by atoms with E-state index in [1.807, 2.05) is 22.6 Å². The number of hydrogen-bond donors (Lipinski definition) is 0. The van der Waals surface area contributed by atoms with E-state index in [4.69, 9.17) is 14.2 Å². The molecule has 0 aliphatic carbocycles. The van der Waals surface area contributed by atoms with Crippen molar-refractivity contribution < 1.29 is 28.6 Å². The highest BCUT2D eigenvalue weighted by Crippen LogP contribution is 2.24. The summed E-state index contributed by atoms with van der Waals surface area (Å²) < 4.78 is 14.6. The van der Waals surface area contributed by atoms with Crippen molar-refractivity contribution in [2.45, 2.75) is 41.9 Å².